The van der Waals surface area contributed by atoms with Gasteiger partial charge in [0.1, 0.15) is 5.75 Å². The van der Waals surface area contributed by atoms with Gasteiger partial charge in [0, 0.05) is 18.7 Å². The second kappa shape index (κ2) is 6.57. The quantitative estimate of drug-likeness (QED) is 0.885. The van der Waals surface area contributed by atoms with E-state index in [0.717, 1.165) is 31.5 Å². The second-order valence-corrected chi connectivity index (χ2v) is 4.84. The van der Waals surface area contributed by atoms with Gasteiger partial charge in [0.15, 0.2) is 6.61 Å². The molecule has 4 heteroatoms. The zero-order valence-corrected chi connectivity index (χ0v) is 11.3. The molecule has 0 aliphatic carbocycles. The molecule has 104 valence electrons. The van der Waals surface area contributed by atoms with E-state index >= 15 is 0 Å². The number of hydrogen-bond acceptors (Lipinski definition) is 3. The molecule has 2 rings (SSSR count). The summed E-state index contributed by atoms with van der Waals surface area (Å²) in [5, 5.41) is 9.91. The lowest BCUT2D eigenvalue weighted by Crippen LogP contribution is -2.32. The highest BCUT2D eigenvalue weighted by atomic mass is 16.5. The average molecular weight is 263 g/mol. The molecular weight excluding hydrogens is 242 g/mol. The first-order chi connectivity index (χ1) is 9.22. The van der Waals surface area contributed by atoms with Crippen LogP contribution in [0.3, 0.4) is 0 Å². The number of aliphatic hydroxyl groups is 1. The van der Waals surface area contributed by atoms with Crippen molar-refractivity contribution in [1.82, 2.24) is 4.90 Å². The third-order valence-corrected chi connectivity index (χ3v) is 3.47. The van der Waals surface area contributed by atoms with Crippen LogP contribution < -0.4 is 4.74 Å². The lowest BCUT2D eigenvalue weighted by molar-refractivity contribution is -0.132. The zero-order valence-electron chi connectivity index (χ0n) is 11.3. The highest BCUT2D eigenvalue weighted by Crippen LogP contribution is 2.26. The zero-order chi connectivity index (χ0) is 13.7. The first-order valence-electron chi connectivity index (χ1n) is 6.90. The van der Waals surface area contributed by atoms with Crippen molar-refractivity contribution in [2.24, 2.45) is 0 Å². The van der Waals surface area contributed by atoms with Gasteiger partial charge < -0.3 is 14.7 Å². The van der Waals surface area contributed by atoms with Crippen molar-refractivity contribution in [1.29, 1.82) is 0 Å². The van der Waals surface area contributed by atoms with Crippen molar-refractivity contribution >= 4 is 5.91 Å². The summed E-state index contributed by atoms with van der Waals surface area (Å²) in [6, 6.07) is 7.35. The first-order valence-corrected chi connectivity index (χ1v) is 6.90. The van der Waals surface area contributed by atoms with Gasteiger partial charge in [-0.1, -0.05) is 25.1 Å². The van der Waals surface area contributed by atoms with E-state index in [2.05, 4.69) is 0 Å². The topological polar surface area (TPSA) is 49.8 Å². The fraction of sp³-hybridized carbons (Fsp3) is 0.533. The third kappa shape index (κ3) is 3.47. The van der Waals surface area contributed by atoms with Gasteiger partial charge in [-0.25, -0.2) is 0 Å². The van der Waals surface area contributed by atoms with Crippen molar-refractivity contribution in [3.05, 3.63) is 29.8 Å². The molecule has 1 aromatic rings. The standard InChI is InChI=1S/C15H21NO3/c1-2-13(17)12-7-3-4-8-14(12)19-11-15(18)16-9-5-6-10-16/h3-4,7-8,13,17H,2,5-6,9-11H2,1H3/t13-/m0/s1. The Balaban J connectivity index is 1.97. The summed E-state index contributed by atoms with van der Waals surface area (Å²) in [5.74, 6) is 0.627. The summed E-state index contributed by atoms with van der Waals surface area (Å²) in [6.45, 7) is 3.63. The van der Waals surface area contributed by atoms with Crippen LogP contribution in [0.4, 0.5) is 0 Å². The van der Waals surface area contributed by atoms with E-state index in [-0.39, 0.29) is 12.5 Å². The predicted octanol–water partition coefficient (Wildman–Crippen LogP) is 2.13. The Kier molecular flexibility index (Phi) is 4.80. The number of rotatable bonds is 5. The molecule has 1 heterocycles. The molecule has 1 aliphatic heterocycles. The number of amides is 1. The number of para-hydroxylation sites is 1. The molecule has 0 spiro atoms. The van der Waals surface area contributed by atoms with Crippen LogP contribution in [0.5, 0.6) is 5.75 Å². The Morgan fingerprint density at radius 3 is 2.74 bits per heavy atom. The monoisotopic (exact) mass is 263 g/mol. The van der Waals surface area contributed by atoms with Crippen LogP contribution in [-0.2, 0) is 4.79 Å². The van der Waals surface area contributed by atoms with Crippen LogP contribution in [0.25, 0.3) is 0 Å². The number of ether oxygens (including phenoxy) is 1. The highest BCUT2D eigenvalue weighted by molar-refractivity contribution is 5.78. The largest absolute Gasteiger partial charge is 0.483 e. The maximum atomic E-state index is 11.9. The normalized spacial score (nSPS) is 16.4. The van der Waals surface area contributed by atoms with E-state index in [0.29, 0.717) is 12.2 Å². The van der Waals surface area contributed by atoms with Crippen molar-refractivity contribution < 1.29 is 14.6 Å². The van der Waals surface area contributed by atoms with E-state index in [4.69, 9.17) is 4.74 Å². The molecule has 1 fully saturated rings. The smallest absolute Gasteiger partial charge is 0.260 e. The van der Waals surface area contributed by atoms with E-state index < -0.39 is 6.10 Å². The van der Waals surface area contributed by atoms with E-state index in [1.807, 2.05) is 30.0 Å². The minimum absolute atomic E-state index is 0.0262. The van der Waals surface area contributed by atoms with Gasteiger partial charge in [-0.05, 0) is 25.3 Å². The average Bonchev–Trinajstić information content (AvgIpc) is 2.98. The lowest BCUT2D eigenvalue weighted by Gasteiger charge is -2.18. The number of benzene rings is 1. The van der Waals surface area contributed by atoms with Gasteiger partial charge in [-0.15, -0.1) is 0 Å². The van der Waals surface area contributed by atoms with Crippen LogP contribution in [-0.4, -0.2) is 35.6 Å². The van der Waals surface area contributed by atoms with Crippen molar-refractivity contribution in [3.63, 3.8) is 0 Å². The van der Waals surface area contributed by atoms with Gasteiger partial charge in [-0.2, -0.15) is 0 Å². The van der Waals surface area contributed by atoms with Crippen LogP contribution in [0.15, 0.2) is 24.3 Å². The highest BCUT2D eigenvalue weighted by Gasteiger charge is 2.19. The Hall–Kier alpha value is -1.55. The molecule has 0 bridgehead atoms. The maximum absolute atomic E-state index is 11.9. The molecule has 1 N–H and O–H groups in total. The van der Waals surface area contributed by atoms with Gasteiger partial charge in [0.05, 0.1) is 6.10 Å². The van der Waals surface area contributed by atoms with E-state index in [1.165, 1.54) is 0 Å². The maximum Gasteiger partial charge on any atom is 0.260 e. The van der Waals surface area contributed by atoms with Gasteiger partial charge in [0.2, 0.25) is 0 Å². The predicted molar refractivity (Wildman–Crippen MR) is 73.0 cm³/mol. The Bertz CT molecular complexity index is 427. The molecule has 1 aliphatic rings. The molecule has 1 atom stereocenters. The number of likely N-dealkylation sites (tertiary alicyclic amines) is 1. The molecule has 19 heavy (non-hydrogen) atoms. The van der Waals surface area contributed by atoms with Crippen LogP contribution in [0.1, 0.15) is 37.9 Å². The first kappa shape index (κ1) is 13.9. The van der Waals surface area contributed by atoms with Crippen molar-refractivity contribution in [3.8, 4) is 5.75 Å². The minimum Gasteiger partial charge on any atom is -0.483 e. The number of aliphatic hydroxyl groups excluding tert-OH is 1. The summed E-state index contributed by atoms with van der Waals surface area (Å²) >= 11 is 0. The van der Waals surface area contributed by atoms with Gasteiger partial charge in [-0.3, -0.25) is 4.79 Å². The molecule has 4 nitrogen and oxygen atoms in total. The SMILES string of the molecule is CC[C@H](O)c1ccccc1OCC(=O)N1CCCC1. The van der Waals surface area contributed by atoms with Crippen LogP contribution in [0, 0.1) is 0 Å². The van der Waals surface area contributed by atoms with Gasteiger partial charge in [0.25, 0.3) is 5.91 Å². The summed E-state index contributed by atoms with van der Waals surface area (Å²) in [5.41, 5.74) is 0.749. The molecule has 1 saturated heterocycles. The fourth-order valence-electron chi connectivity index (χ4n) is 2.30. The van der Waals surface area contributed by atoms with E-state index in [9.17, 15) is 9.90 Å². The molecule has 0 saturated carbocycles. The van der Waals surface area contributed by atoms with Gasteiger partial charge >= 0.3 is 0 Å². The van der Waals surface area contributed by atoms with Crippen molar-refractivity contribution in [2.75, 3.05) is 19.7 Å². The number of hydrogen-bond donors (Lipinski definition) is 1. The Morgan fingerprint density at radius 1 is 1.37 bits per heavy atom. The molecule has 0 radical (unpaired) electrons. The molecule has 1 amide bonds. The van der Waals surface area contributed by atoms with Crippen LogP contribution >= 0.6 is 0 Å². The molecule has 0 unspecified atom stereocenters. The number of carbonyl (C=O) groups excluding carboxylic acids is 1. The number of nitrogens with zero attached hydrogens (tertiary/aromatic N) is 1. The Morgan fingerprint density at radius 2 is 2.05 bits per heavy atom. The van der Waals surface area contributed by atoms with Crippen molar-refractivity contribution in [2.45, 2.75) is 32.3 Å². The summed E-state index contributed by atoms with van der Waals surface area (Å²) in [7, 11) is 0. The van der Waals surface area contributed by atoms with E-state index in [1.54, 1.807) is 6.07 Å². The lowest BCUT2D eigenvalue weighted by atomic mass is 10.1. The third-order valence-electron chi connectivity index (χ3n) is 3.47. The summed E-state index contributed by atoms with van der Waals surface area (Å²) < 4.78 is 5.58. The van der Waals surface area contributed by atoms with Crippen LogP contribution in [0.2, 0.25) is 0 Å². The fourth-order valence-corrected chi connectivity index (χ4v) is 2.30. The summed E-state index contributed by atoms with van der Waals surface area (Å²) in [6.07, 6.45) is 2.24. The summed E-state index contributed by atoms with van der Waals surface area (Å²) in [4.78, 5) is 13.7. The Labute approximate surface area is 114 Å². The molecule has 0 aromatic heterocycles. The number of carbonyl (C=O) groups is 1. The molecule has 1 aromatic carbocycles. The second-order valence-electron chi connectivity index (χ2n) is 4.84. The minimum atomic E-state index is -0.543. The molecular formula is C15H21NO3.